The zero-order valence-electron chi connectivity index (χ0n) is 8.52. The molecule has 0 saturated heterocycles. The predicted molar refractivity (Wildman–Crippen MR) is 61.4 cm³/mol. The van der Waals surface area contributed by atoms with Crippen molar-refractivity contribution < 1.29 is 9.50 Å². The van der Waals surface area contributed by atoms with E-state index in [1.54, 1.807) is 24.4 Å². The maximum atomic E-state index is 13.5. The molecule has 0 amide bonds. The predicted octanol–water partition coefficient (Wildman–Crippen LogP) is 3.24. The van der Waals surface area contributed by atoms with Crippen molar-refractivity contribution in [3.63, 3.8) is 0 Å². The lowest BCUT2D eigenvalue weighted by molar-refractivity contribution is 0.473. The van der Waals surface area contributed by atoms with Gasteiger partial charge in [0, 0.05) is 17.3 Å². The van der Waals surface area contributed by atoms with Crippen LogP contribution in [0.4, 0.5) is 4.39 Å². The van der Waals surface area contributed by atoms with E-state index in [4.69, 9.17) is 0 Å². The van der Waals surface area contributed by atoms with Gasteiger partial charge in [0.2, 0.25) is 0 Å². The van der Waals surface area contributed by atoms with E-state index in [1.165, 1.54) is 18.2 Å². The first-order chi connectivity index (χ1) is 7.70. The van der Waals surface area contributed by atoms with Crippen molar-refractivity contribution in [2.75, 3.05) is 0 Å². The highest BCUT2D eigenvalue weighted by molar-refractivity contribution is 5.65. The molecule has 3 heteroatoms. The van der Waals surface area contributed by atoms with Crippen LogP contribution < -0.4 is 0 Å². The molecule has 0 atom stereocenters. The van der Waals surface area contributed by atoms with Gasteiger partial charge in [-0.25, -0.2) is 4.39 Å². The standard InChI is InChI=1S/C13H10FNO/c1-2-10-4-3-9(8-15-10)12-7-11(16)5-6-13(12)14/h2-8,16H,1H2. The average molecular weight is 215 g/mol. The zero-order valence-corrected chi connectivity index (χ0v) is 8.52. The van der Waals surface area contributed by atoms with Crippen molar-refractivity contribution in [1.29, 1.82) is 0 Å². The maximum absolute atomic E-state index is 13.5. The van der Waals surface area contributed by atoms with E-state index < -0.39 is 0 Å². The molecule has 2 aromatic rings. The third kappa shape index (κ3) is 1.93. The molecular weight excluding hydrogens is 205 g/mol. The summed E-state index contributed by atoms with van der Waals surface area (Å²) < 4.78 is 13.5. The van der Waals surface area contributed by atoms with Crippen LogP contribution in [0.15, 0.2) is 43.1 Å². The number of aromatic nitrogens is 1. The van der Waals surface area contributed by atoms with Gasteiger partial charge in [0.1, 0.15) is 11.6 Å². The topological polar surface area (TPSA) is 33.1 Å². The Bertz CT molecular complexity index is 520. The fraction of sp³-hybridized carbons (Fsp3) is 0. The Morgan fingerprint density at radius 1 is 1.25 bits per heavy atom. The van der Waals surface area contributed by atoms with E-state index in [9.17, 15) is 9.50 Å². The summed E-state index contributed by atoms with van der Waals surface area (Å²) in [4.78, 5) is 4.08. The molecule has 0 unspecified atom stereocenters. The average Bonchev–Trinajstić information content (AvgIpc) is 2.32. The molecule has 2 nitrogen and oxygen atoms in total. The van der Waals surface area contributed by atoms with Gasteiger partial charge in [-0.1, -0.05) is 12.6 Å². The summed E-state index contributed by atoms with van der Waals surface area (Å²) in [6.07, 6.45) is 3.16. The Labute approximate surface area is 92.7 Å². The summed E-state index contributed by atoms with van der Waals surface area (Å²) in [5, 5.41) is 9.30. The lowest BCUT2D eigenvalue weighted by atomic mass is 10.1. The highest BCUT2D eigenvalue weighted by atomic mass is 19.1. The quantitative estimate of drug-likeness (QED) is 0.834. The van der Waals surface area contributed by atoms with Crippen molar-refractivity contribution in [3.05, 3.63) is 54.6 Å². The van der Waals surface area contributed by atoms with Crippen LogP contribution in [0.5, 0.6) is 5.75 Å². The second-order valence-electron chi connectivity index (χ2n) is 3.34. The van der Waals surface area contributed by atoms with Gasteiger partial charge in [-0.2, -0.15) is 0 Å². The first-order valence-electron chi connectivity index (χ1n) is 4.78. The van der Waals surface area contributed by atoms with Gasteiger partial charge < -0.3 is 5.11 Å². The number of aromatic hydroxyl groups is 1. The van der Waals surface area contributed by atoms with Gasteiger partial charge in [-0.05, 0) is 30.3 Å². The van der Waals surface area contributed by atoms with Gasteiger partial charge >= 0.3 is 0 Å². The molecule has 1 aromatic carbocycles. The highest BCUT2D eigenvalue weighted by Crippen LogP contribution is 2.25. The number of hydrogen-bond donors (Lipinski definition) is 1. The molecule has 0 aliphatic rings. The van der Waals surface area contributed by atoms with E-state index in [2.05, 4.69) is 11.6 Å². The monoisotopic (exact) mass is 215 g/mol. The molecule has 0 saturated carbocycles. The van der Waals surface area contributed by atoms with Crippen LogP contribution in [0.25, 0.3) is 17.2 Å². The summed E-state index contributed by atoms with van der Waals surface area (Å²) in [5.74, 6) is -0.352. The first-order valence-corrected chi connectivity index (χ1v) is 4.78. The van der Waals surface area contributed by atoms with Gasteiger partial charge in [0.05, 0.1) is 5.69 Å². The van der Waals surface area contributed by atoms with Crippen molar-refractivity contribution in [2.45, 2.75) is 0 Å². The third-order valence-corrected chi connectivity index (χ3v) is 2.26. The Balaban J connectivity index is 2.49. The minimum atomic E-state index is -0.383. The molecule has 0 bridgehead atoms. The molecule has 1 aromatic heterocycles. The Morgan fingerprint density at radius 3 is 2.69 bits per heavy atom. The fourth-order valence-electron chi connectivity index (χ4n) is 1.42. The van der Waals surface area contributed by atoms with E-state index in [-0.39, 0.29) is 11.6 Å². The normalized spacial score (nSPS) is 10.1. The minimum Gasteiger partial charge on any atom is -0.508 e. The van der Waals surface area contributed by atoms with E-state index in [0.29, 0.717) is 11.1 Å². The van der Waals surface area contributed by atoms with Gasteiger partial charge in [0.15, 0.2) is 0 Å². The lowest BCUT2D eigenvalue weighted by Crippen LogP contribution is -1.86. The molecule has 16 heavy (non-hydrogen) atoms. The fourth-order valence-corrected chi connectivity index (χ4v) is 1.42. The number of rotatable bonds is 2. The molecule has 0 fully saturated rings. The molecular formula is C13H10FNO. The third-order valence-electron chi connectivity index (χ3n) is 2.26. The second-order valence-corrected chi connectivity index (χ2v) is 3.34. The molecule has 1 N–H and O–H groups in total. The number of phenolic OH excluding ortho intramolecular Hbond substituents is 1. The summed E-state index contributed by atoms with van der Waals surface area (Å²) in [6.45, 7) is 3.59. The van der Waals surface area contributed by atoms with Gasteiger partial charge in [0.25, 0.3) is 0 Å². The summed E-state index contributed by atoms with van der Waals surface area (Å²) in [5.41, 5.74) is 1.69. The first kappa shape index (κ1) is 10.4. The van der Waals surface area contributed by atoms with Crippen LogP contribution in [-0.4, -0.2) is 10.1 Å². The number of halogens is 1. The molecule has 1 heterocycles. The van der Waals surface area contributed by atoms with Crippen LogP contribution in [0.1, 0.15) is 5.69 Å². The molecule has 0 radical (unpaired) electrons. The van der Waals surface area contributed by atoms with Crippen LogP contribution in [-0.2, 0) is 0 Å². The molecule has 0 aliphatic heterocycles. The van der Waals surface area contributed by atoms with Crippen molar-refractivity contribution in [1.82, 2.24) is 4.98 Å². The maximum Gasteiger partial charge on any atom is 0.131 e. The highest BCUT2D eigenvalue weighted by Gasteiger charge is 2.06. The smallest absolute Gasteiger partial charge is 0.131 e. The number of phenols is 1. The number of pyridine rings is 1. The van der Waals surface area contributed by atoms with Gasteiger partial charge in [-0.15, -0.1) is 0 Å². The Kier molecular flexibility index (Phi) is 2.68. The van der Waals surface area contributed by atoms with Crippen molar-refractivity contribution in [2.24, 2.45) is 0 Å². The summed E-state index contributed by atoms with van der Waals surface area (Å²) in [6, 6.07) is 7.39. The van der Waals surface area contributed by atoms with E-state index in [1.807, 2.05) is 0 Å². The Morgan fingerprint density at radius 2 is 2.06 bits per heavy atom. The molecule has 80 valence electrons. The summed E-state index contributed by atoms with van der Waals surface area (Å²) >= 11 is 0. The van der Waals surface area contributed by atoms with Crippen molar-refractivity contribution in [3.8, 4) is 16.9 Å². The minimum absolute atomic E-state index is 0.0317. The number of hydrogen-bond acceptors (Lipinski definition) is 2. The van der Waals surface area contributed by atoms with Crippen LogP contribution in [0, 0.1) is 5.82 Å². The lowest BCUT2D eigenvalue weighted by Gasteiger charge is -2.04. The number of nitrogens with zero attached hydrogens (tertiary/aromatic N) is 1. The van der Waals surface area contributed by atoms with Gasteiger partial charge in [-0.3, -0.25) is 4.98 Å². The zero-order chi connectivity index (χ0) is 11.5. The van der Waals surface area contributed by atoms with Crippen molar-refractivity contribution >= 4 is 6.08 Å². The van der Waals surface area contributed by atoms with E-state index in [0.717, 1.165) is 5.69 Å². The molecule has 2 rings (SSSR count). The Hall–Kier alpha value is -2.16. The largest absolute Gasteiger partial charge is 0.508 e. The van der Waals surface area contributed by atoms with E-state index >= 15 is 0 Å². The SMILES string of the molecule is C=Cc1ccc(-c2cc(O)ccc2F)cn1. The molecule has 0 aliphatic carbocycles. The number of benzene rings is 1. The van der Waals surface area contributed by atoms with Crippen LogP contribution in [0.2, 0.25) is 0 Å². The molecule has 0 spiro atoms. The van der Waals surface area contributed by atoms with Crippen LogP contribution in [0.3, 0.4) is 0 Å². The second kappa shape index (κ2) is 4.14. The summed E-state index contributed by atoms with van der Waals surface area (Å²) in [7, 11) is 0. The van der Waals surface area contributed by atoms with Crippen LogP contribution >= 0.6 is 0 Å².